The van der Waals surface area contributed by atoms with Gasteiger partial charge >= 0.3 is 0 Å². The van der Waals surface area contributed by atoms with Crippen molar-refractivity contribution in [2.24, 2.45) is 28.6 Å². The van der Waals surface area contributed by atoms with Crippen molar-refractivity contribution < 1.29 is 0 Å². The Bertz CT molecular complexity index is 451. The van der Waals surface area contributed by atoms with E-state index in [0.717, 1.165) is 17.8 Å². The highest BCUT2D eigenvalue weighted by molar-refractivity contribution is 5.26. The van der Waals surface area contributed by atoms with Gasteiger partial charge in [0.1, 0.15) is 0 Å². The first-order valence-corrected chi connectivity index (χ1v) is 9.64. The van der Waals surface area contributed by atoms with Crippen molar-refractivity contribution in [3.05, 3.63) is 23.3 Å². The molecule has 1 saturated carbocycles. The van der Waals surface area contributed by atoms with Crippen molar-refractivity contribution in [2.75, 3.05) is 0 Å². The summed E-state index contributed by atoms with van der Waals surface area (Å²) in [5.41, 5.74) is 4.41. The van der Waals surface area contributed by atoms with Crippen LogP contribution in [0, 0.1) is 28.6 Å². The first-order valence-electron chi connectivity index (χ1n) is 9.64. The minimum Gasteiger partial charge on any atom is -0.0880 e. The number of unbranched alkanes of at least 4 members (excludes halogenated alkanes) is 1. The summed E-state index contributed by atoms with van der Waals surface area (Å²) in [6, 6.07) is 0. The molecular weight excluding hydrogens is 264 g/mol. The molecule has 4 unspecified atom stereocenters. The molecular formula is C22H38. The van der Waals surface area contributed by atoms with Gasteiger partial charge in [-0.1, -0.05) is 71.3 Å². The molecule has 0 nitrogen and oxygen atoms in total. The van der Waals surface area contributed by atoms with Crippen LogP contribution in [0.2, 0.25) is 0 Å². The topological polar surface area (TPSA) is 0 Å². The smallest absolute Gasteiger partial charge is 0.00332 e. The highest BCUT2D eigenvalue weighted by Gasteiger charge is 2.65. The summed E-state index contributed by atoms with van der Waals surface area (Å²) in [6.45, 7) is 17.0. The second-order valence-corrected chi connectivity index (χ2v) is 8.78. The zero-order valence-electron chi connectivity index (χ0n) is 16.1. The average Bonchev–Trinajstić information content (AvgIpc) is 2.88. The Morgan fingerprint density at radius 1 is 1.23 bits per heavy atom. The van der Waals surface area contributed by atoms with Gasteiger partial charge in [-0.05, 0) is 67.6 Å². The fourth-order valence-corrected chi connectivity index (χ4v) is 4.80. The lowest BCUT2D eigenvalue weighted by Crippen LogP contribution is -2.19. The Hall–Kier alpha value is -0.520. The third kappa shape index (κ3) is 2.95. The maximum absolute atomic E-state index is 2.59. The number of hydrogen-bond acceptors (Lipinski definition) is 0. The van der Waals surface area contributed by atoms with E-state index < -0.39 is 0 Å². The zero-order chi connectivity index (χ0) is 16.5. The van der Waals surface area contributed by atoms with E-state index in [1.165, 1.54) is 38.5 Å². The normalized spacial score (nSPS) is 33.0. The van der Waals surface area contributed by atoms with E-state index in [9.17, 15) is 0 Å². The monoisotopic (exact) mass is 302 g/mol. The molecule has 2 aliphatic carbocycles. The van der Waals surface area contributed by atoms with Crippen LogP contribution in [0.3, 0.4) is 0 Å². The number of hydrogen-bond donors (Lipinski definition) is 0. The van der Waals surface area contributed by atoms with Crippen LogP contribution in [0.4, 0.5) is 0 Å². The molecule has 126 valence electrons. The molecule has 0 aliphatic heterocycles. The van der Waals surface area contributed by atoms with Gasteiger partial charge in [-0.15, -0.1) is 0 Å². The van der Waals surface area contributed by atoms with Crippen LogP contribution in [0.15, 0.2) is 23.3 Å². The Balaban J connectivity index is 1.97. The van der Waals surface area contributed by atoms with E-state index in [4.69, 9.17) is 0 Å². The quantitative estimate of drug-likeness (QED) is 0.417. The van der Waals surface area contributed by atoms with Gasteiger partial charge in [-0.2, -0.15) is 0 Å². The van der Waals surface area contributed by atoms with Crippen LogP contribution in [0.5, 0.6) is 0 Å². The van der Waals surface area contributed by atoms with Crippen molar-refractivity contribution in [1.29, 1.82) is 0 Å². The molecule has 1 fully saturated rings. The lowest BCUT2D eigenvalue weighted by atomic mass is 9.74. The third-order valence-corrected chi connectivity index (χ3v) is 7.58. The largest absolute Gasteiger partial charge is 0.0880 e. The van der Waals surface area contributed by atoms with E-state index in [1.807, 2.05) is 0 Å². The predicted octanol–water partition coefficient (Wildman–Crippen LogP) is 7.17. The van der Waals surface area contributed by atoms with Crippen LogP contribution < -0.4 is 0 Å². The Morgan fingerprint density at radius 2 is 1.86 bits per heavy atom. The van der Waals surface area contributed by atoms with Gasteiger partial charge in [0, 0.05) is 0 Å². The zero-order valence-corrected chi connectivity index (χ0v) is 16.1. The molecule has 22 heavy (non-hydrogen) atoms. The third-order valence-electron chi connectivity index (χ3n) is 7.58. The summed E-state index contributed by atoms with van der Waals surface area (Å²) in [6.07, 6.45) is 13.0. The van der Waals surface area contributed by atoms with Gasteiger partial charge < -0.3 is 0 Å². The van der Waals surface area contributed by atoms with Gasteiger partial charge in [0.25, 0.3) is 0 Å². The summed E-state index contributed by atoms with van der Waals surface area (Å²) in [5.74, 6) is 2.45. The van der Waals surface area contributed by atoms with Crippen molar-refractivity contribution in [3.8, 4) is 0 Å². The molecule has 0 spiro atoms. The molecule has 0 aromatic carbocycles. The van der Waals surface area contributed by atoms with E-state index in [2.05, 4.69) is 60.6 Å². The van der Waals surface area contributed by atoms with Gasteiger partial charge in [0.05, 0.1) is 0 Å². The lowest BCUT2D eigenvalue weighted by Gasteiger charge is -2.32. The highest BCUT2D eigenvalue weighted by Crippen LogP contribution is 2.72. The van der Waals surface area contributed by atoms with E-state index in [-0.39, 0.29) is 0 Å². The standard InChI is InChI=1S/C22H38/c1-8-9-10-14-22(19(5)21(22,6)7)15-13-16(2)18(4)20-12-11-17(20)3/h10,14,16,18-19H,8-9,11-13,15H2,1-7H3. The molecule has 2 rings (SSSR count). The summed E-state index contributed by atoms with van der Waals surface area (Å²) in [5, 5.41) is 0. The van der Waals surface area contributed by atoms with Crippen LogP contribution >= 0.6 is 0 Å². The second kappa shape index (κ2) is 6.54. The van der Waals surface area contributed by atoms with E-state index in [1.54, 1.807) is 11.1 Å². The minimum absolute atomic E-state index is 0.471. The second-order valence-electron chi connectivity index (χ2n) is 8.78. The van der Waals surface area contributed by atoms with Crippen LogP contribution in [-0.4, -0.2) is 0 Å². The SMILES string of the molecule is CCCC=CC1(CCC(C)C(C)C2=C(C)CC2)C(C)C1(C)C. The molecule has 0 radical (unpaired) electrons. The first-order chi connectivity index (χ1) is 10.3. The molecule has 0 heteroatoms. The molecule has 0 aromatic heterocycles. The van der Waals surface area contributed by atoms with Gasteiger partial charge in [-0.3, -0.25) is 0 Å². The first kappa shape index (κ1) is 17.8. The molecule has 0 bridgehead atoms. The minimum atomic E-state index is 0.471. The average molecular weight is 303 g/mol. The summed E-state index contributed by atoms with van der Waals surface area (Å²) in [4.78, 5) is 0. The molecule has 4 atom stereocenters. The summed E-state index contributed by atoms with van der Waals surface area (Å²) < 4.78 is 0. The molecule has 0 N–H and O–H groups in total. The molecule has 2 aliphatic rings. The van der Waals surface area contributed by atoms with Gasteiger partial charge in [0.15, 0.2) is 0 Å². The van der Waals surface area contributed by atoms with E-state index in [0.29, 0.717) is 10.8 Å². The fourth-order valence-electron chi connectivity index (χ4n) is 4.80. The molecule has 0 heterocycles. The molecule has 0 amide bonds. The number of allylic oxidation sites excluding steroid dienone is 4. The van der Waals surface area contributed by atoms with Crippen molar-refractivity contribution in [2.45, 2.75) is 87.0 Å². The van der Waals surface area contributed by atoms with E-state index >= 15 is 0 Å². The Morgan fingerprint density at radius 3 is 2.27 bits per heavy atom. The van der Waals surface area contributed by atoms with Gasteiger partial charge in [0.2, 0.25) is 0 Å². The summed E-state index contributed by atoms with van der Waals surface area (Å²) >= 11 is 0. The van der Waals surface area contributed by atoms with Crippen molar-refractivity contribution in [1.82, 2.24) is 0 Å². The maximum atomic E-state index is 2.59. The Kier molecular flexibility index (Phi) is 5.30. The molecule has 0 saturated heterocycles. The van der Waals surface area contributed by atoms with Crippen molar-refractivity contribution >= 4 is 0 Å². The van der Waals surface area contributed by atoms with Crippen LogP contribution in [0.1, 0.15) is 87.0 Å². The lowest BCUT2D eigenvalue weighted by molar-refractivity contribution is 0.327. The Labute approximate surface area is 139 Å². The highest BCUT2D eigenvalue weighted by atomic mass is 14.7. The van der Waals surface area contributed by atoms with Crippen LogP contribution in [-0.2, 0) is 0 Å². The molecule has 0 aromatic rings. The van der Waals surface area contributed by atoms with Gasteiger partial charge in [-0.25, -0.2) is 0 Å². The summed E-state index contributed by atoms with van der Waals surface area (Å²) in [7, 11) is 0. The predicted molar refractivity (Wildman–Crippen MR) is 98.9 cm³/mol. The fraction of sp³-hybridized carbons (Fsp3) is 0.818. The number of rotatable bonds is 8. The maximum Gasteiger partial charge on any atom is -0.00332 e. The van der Waals surface area contributed by atoms with Crippen molar-refractivity contribution in [3.63, 3.8) is 0 Å². The van der Waals surface area contributed by atoms with Crippen LogP contribution in [0.25, 0.3) is 0 Å².